The summed E-state index contributed by atoms with van der Waals surface area (Å²) in [5, 5.41) is 28.5. The van der Waals surface area contributed by atoms with Crippen LogP contribution in [0, 0.1) is 0 Å². The van der Waals surface area contributed by atoms with Crippen LogP contribution < -0.4 is 15.3 Å². The third kappa shape index (κ3) is 36.0. The van der Waals surface area contributed by atoms with E-state index in [-0.39, 0.29) is 63.3 Å². The molecule has 0 spiro atoms. The first-order chi connectivity index (χ1) is 7.93. The van der Waals surface area contributed by atoms with Crippen molar-refractivity contribution in [1.29, 1.82) is 0 Å². The first-order valence-electron chi connectivity index (χ1n) is 4.54. The van der Waals surface area contributed by atoms with E-state index in [0.29, 0.717) is 0 Å². The Morgan fingerprint density at radius 3 is 0.700 bits per heavy atom. The van der Waals surface area contributed by atoms with Gasteiger partial charge < -0.3 is 29.7 Å². The predicted octanol–water partition coefficient (Wildman–Crippen LogP) is -2.71. The van der Waals surface area contributed by atoms with Gasteiger partial charge in [0.2, 0.25) is 0 Å². The number of aliphatic carboxylic acids is 3. The van der Waals surface area contributed by atoms with E-state index in [4.69, 9.17) is 0 Å². The molecule has 0 aromatic carbocycles. The Hall–Kier alpha value is -0.851. The van der Waals surface area contributed by atoms with E-state index >= 15 is 0 Å². The SMILES string of the molecule is C=C(C)C(=O)[O-].C=C(C)C(=O)[O-].C=C(C)C(=O)[O-].[Fe+3].[NaH]. The molecule has 0 unspecified atom stereocenters. The molecule has 0 atom stereocenters. The summed E-state index contributed by atoms with van der Waals surface area (Å²) >= 11 is 0. The topological polar surface area (TPSA) is 120 Å². The van der Waals surface area contributed by atoms with Crippen molar-refractivity contribution < 1.29 is 46.8 Å². The third-order valence-electron chi connectivity index (χ3n) is 1.05. The Balaban J connectivity index is -0.0000000536. The minimum absolute atomic E-state index is 0. The number of carboxylic acids is 3. The number of rotatable bonds is 3. The van der Waals surface area contributed by atoms with E-state index in [2.05, 4.69) is 19.7 Å². The summed E-state index contributed by atoms with van der Waals surface area (Å²) in [5.41, 5.74) is 0.194. The molecule has 0 fully saturated rings. The van der Waals surface area contributed by atoms with Crippen LogP contribution in [0.5, 0.6) is 0 Å². The van der Waals surface area contributed by atoms with Gasteiger partial charge in [0, 0.05) is 0 Å². The van der Waals surface area contributed by atoms with Crippen LogP contribution in [0.25, 0.3) is 0 Å². The van der Waals surface area contributed by atoms with Crippen LogP contribution in [0.1, 0.15) is 20.8 Å². The summed E-state index contributed by atoms with van der Waals surface area (Å²) < 4.78 is 0. The summed E-state index contributed by atoms with van der Waals surface area (Å²) in [6, 6.07) is 0. The Labute approximate surface area is 151 Å². The van der Waals surface area contributed by atoms with Crippen molar-refractivity contribution in [3.8, 4) is 0 Å². The zero-order valence-corrected chi connectivity index (χ0v) is 12.0. The second kappa shape index (κ2) is 18.1. The predicted molar refractivity (Wildman–Crippen MR) is 66.6 cm³/mol. The molecule has 0 bridgehead atoms. The molecule has 0 aliphatic heterocycles. The van der Waals surface area contributed by atoms with Crippen molar-refractivity contribution in [3.63, 3.8) is 0 Å². The molecule has 20 heavy (non-hydrogen) atoms. The fraction of sp³-hybridized carbons (Fsp3) is 0.250. The fourth-order valence-corrected chi connectivity index (χ4v) is 0. The molecule has 0 aromatic rings. The zero-order chi connectivity index (χ0) is 15.5. The van der Waals surface area contributed by atoms with Gasteiger partial charge in [0.1, 0.15) is 0 Å². The van der Waals surface area contributed by atoms with Crippen LogP contribution in [0.15, 0.2) is 36.5 Å². The van der Waals surface area contributed by atoms with Crippen molar-refractivity contribution in [2.24, 2.45) is 0 Å². The van der Waals surface area contributed by atoms with Gasteiger partial charge in [-0.3, -0.25) is 0 Å². The Bertz CT molecular complexity index is 283. The standard InChI is InChI=1S/3C4H6O2.Fe.Na.H/c3*1-3(2)4(5)6;;;/h3*1H2,2H3,(H,5,6);;;/q;;;+3;;/p-3. The Morgan fingerprint density at radius 1 is 0.650 bits per heavy atom. The van der Waals surface area contributed by atoms with Crippen molar-refractivity contribution in [3.05, 3.63) is 36.5 Å². The van der Waals surface area contributed by atoms with E-state index in [1.54, 1.807) is 0 Å². The van der Waals surface area contributed by atoms with E-state index < -0.39 is 17.9 Å². The van der Waals surface area contributed by atoms with Crippen molar-refractivity contribution in [2.45, 2.75) is 20.8 Å². The minimum atomic E-state index is -1.19. The summed E-state index contributed by atoms with van der Waals surface area (Å²) in [4.78, 5) is 28.5. The van der Waals surface area contributed by atoms with Gasteiger partial charge in [0.15, 0.2) is 0 Å². The Morgan fingerprint density at radius 2 is 0.700 bits per heavy atom. The van der Waals surface area contributed by atoms with Crippen LogP contribution in [-0.4, -0.2) is 47.5 Å². The summed E-state index contributed by atoms with van der Waals surface area (Å²) in [6.45, 7) is 13.4. The van der Waals surface area contributed by atoms with Gasteiger partial charge in [-0.1, -0.05) is 19.7 Å². The van der Waals surface area contributed by atoms with Crippen LogP contribution >= 0.6 is 0 Å². The van der Waals surface area contributed by atoms with Crippen LogP contribution in [0.4, 0.5) is 0 Å². The molecule has 0 aliphatic rings. The van der Waals surface area contributed by atoms with Crippen LogP contribution in [0.2, 0.25) is 0 Å². The summed E-state index contributed by atoms with van der Waals surface area (Å²) in [7, 11) is 0. The van der Waals surface area contributed by atoms with Gasteiger partial charge in [0.25, 0.3) is 0 Å². The van der Waals surface area contributed by atoms with Gasteiger partial charge in [-0.15, -0.1) is 0 Å². The maximum atomic E-state index is 9.49. The molecule has 8 heteroatoms. The first kappa shape index (κ1) is 31.5. The number of carbonyl (C=O) groups is 3. The second-order valence-electron chi connectivity index (χ2n) is 3.20. The Kier molecular flexibility index (Phi) is 28.6. The van der Waals surface area contributed by atoms with Crippen molar-refractivity contribution in [1.82, 2.24) is 0 Å². The molecule has 1 radical (unpaired) electrons. The normalized spacial score (nSPS) is 6.75. The molecule has 0 rings (SSSR count). The van der Waals surface area contributed by atoms with Gasteiger partial charge in [0.05, 0.1) is 17.9 Å². The quantitative estimate of drug-likeness (QED) is 0.408. The molecule has 0 aliphatic carbocycles. The van der Waals surface area contributed by atoms with Gasteiger partial charge in [-0.05, 0) is 37.5 Å². The monoisotopic (exact) mass is 335 g/mol. The summed E-state index contributed by atoms with van der Waals surface area (Å²) in [6.07, 6.45) is 0. The molecule has 0 amide bonds. The molecule has 0 saturated heterocycles. The fourth-order valence-electron chi connectivity index (χ4n) is 0. The second-order valence-corrected chi connectivity index (χ2v) is 3.20. The van der Waals surface area contributed by atoms with Crippen LogP contribution in [-0.2, 0) is 31.5 Å². The molecule has 0 aromatic heterocycles. The molecule has 0 heterocycles. The number of hydrogen-bond acceptors (Lipinski definition) is 6. The first-order valence-corrected chi connectivity index (χ1v) is 4.54. The number of carbonyl (C=O) groups excluding carboxylic acids is 3. The molecular weight excluding hydrogens is 319 g/mol. The van der Waals surface area contributed by atoms with E-state index in [1.165, 1.54) is 20.8 Å². The third-order valence-corrected chi connectivity index (χ3v) is 1.05. The van der Waals surface area contributed by atoms with Gasteiger partial charge >= 0.3 is 46.6 Å². The van der Waals surface area contributed by atoms with Gasteiger partial charge in [-0.25, -0.2) is 0 Å². The zero-order valence-electron chi connectivity index (χ0n) is 10.9. The molecule has 0 saturated carbocycles. The number of hydrogen-bond donors (Lipinski definition) is 0. The van der Waals surface area contributed by atoms with Crippen molar-refractivity contribution >= 4 is 47.5 Å². The molecule has 0 N–H and O–H groups in total. The molecule has 109 valence electrons. The van der Waals surface area contributed by atoms with Crippen LogP contribution in [0.3, 0.4) is 0 Å². The average Bonchev–Trinajstić information content (AvgIpc) is 2.18. The summed E-state index contributed by atoms with van der Waals surface area (Å²) in [5.74, 6) is -3.56. The van der Waals surface area contributed by atoms with E-state index in [0.717, 1.165) is 0 Å². The number of carboxylic acid groups (broad SMARTS) is 3. The van der Waals surface area contributed by atoms with Crippen molar-refractivity contribution in [2.75, 3.05) is 0 Å². The van der Waals surface area contributed by atoms with Gasteiger partial charge in [-0.2, -0.15) is 0 Å². The average molecular weight is 335 g/mol. The van der Waals surface area contributed by atoms with E-state index in [1.807, 2.05) is 0 Å². The maximum absolute atomic E-state index is 9.49. The molecule has 6 nitrogen and oxygen atoms in total. The van der Waals surface area contributed by atoms with E-state index in [9.17, 15) is 29.7 Å². The molecular formula is C12H16FeNaO6.